The summed E-state index contributed by atoms with van der Waals surface area (Å²) in [6, 6.07) is 4.31. The van der Waals surface area contributed by atoms with Crippen molar-refractivity contribution < 1.29 is 19.0 Å². The standard InChI is InChI=1S/C21H28O4/c1-21-9-8-14-15(17(21)6-7-20(21)22)5-4-13-10-19(25-12-23-2)18(24-3)11-16(13)14/h10-11,14-15,17H,4-9,12H2,1-3H3/t14-,15+,17-,21-/m0/s1. The van der Waals surface area contributed by atoms with Crippen molar-refractivity contribution in [1.82, 2.24) is 0 Å². The quantitative estimate of drug-likeness (QED) is 0.771. The Labute approximate surface area is 149 Å². The van der Waals surface area contributed by atoms with Crippen LogP contribution in [0.3, 0.4) is 0 Å². The van der Waals surface area contributed by atoms with Crippen LogP contribution in [0.15, 0.2) is 12.1 Å². The molecule has 0 spiro atoms. The third-order valence-electron chi connectivity index (χ3n) is 7.05. The highest BCUT2D eigenvalue weighted by Crippen LogP contribution is 2.60. The Bertz CT molecular complexity index is 683. The van der Waals surface area contributed by atoms with Crippen molar-refractivity contribution in [3.8, 4) is 11.5 Å². The predicted molar refractivity (Wildman–Crippen MR) is 95.1 cm³/mol. The number of carbonyl (C=O) groups is 1. The molecule has 4 nitrogen and oxygen atoms in total. The molecule has 0 radical (unpaired) electrons. The van der Waals surface area contributed by atoms with Crippen LogP contribution in [0.4, 0.5) is 0 Å². The fourth-order valence-electron chi connectivity index (χ4n) is 5.74. The van der Waals surface area contributed by atoms with Crippen molar-refractivity contribution in [3.63, 3.8) is 0 Å². The summed E-state index contributed by atoms with van der Waals surface area (Å²) in [4.78, 5) is 12.4. The Morgan fingerprint density at radius 2 is 1.96 bits per heavy atom. The highest BCUT2D eigenvalue weighted by Gasteiger charge is 2.54. The predicted octanol–water partition coefficient (Wildman–Crippen LogP) is 4.10. The molecule has 1 aromatic carbocycles. The molecule has 4 atom stereocenters. The van der Waals surface area contributed by atoms with E-state index in [1.807, 2.05) is 0 Å². The minimum absolute atomic E-state index is 0.0652. The molecule has 0 bridgehead atoms. The summed E-state index contributed by atoms with van der Waals surface area (Å²) >= 11 is 0. The molecular formula is C21H28O4. The fourth-order valence-corrected chi connectivity index (χ4v) is 5.74. The van der Waals surface area contributed by atoms with Crippen LogP contribution in [0, 0.1) is 17.3 Å². The lowest BCUT2D eigenvalue weighted by molar-refractivity contribution is -0.129. The average molecular weight is 344 g/mol. The molecule has 136 valence electrons. The second-order valence-corrected chi connectivity index (χ2v) is 8.09. The van der Waals surface area contributed by atoms with Crippen molar-refractivity contribution in [1.29, 1.82) is 0 Å². The van der Waals surface area contributed by atoms with Gasteiger partial charge in [0.2, 0.25) is 0 Å². The van der Waals surface area contributed by atoms with Gasteiger partial charge in [-0.3, -0.25) is 4.79 Å². The van der Waals surface area contributed by atoms with Gasteiger partial charge in [-0.2, -0.15) is 0 Å². The van der Waals surface area contributed by atoms with Gasteiger partial charge in [0, 0.05) is 18.9 Å². The Morgan fingerprint density at radius 1 is 1.12 bits per heavy atom. The average Bonchev–Trinajstić information content (AvgIpc) is 2.94. The summed E-state index contributed by atoms with van der Waals surface area (Å²) in [7, 11) is 3.31. The number of fused-ring (bicyclic) bond motifs is 5. The van der Waals surface area contributed by atoms with E-state index in [1.165, 1.54) is 17.5 Å². The normalized spacial score (nSPS) is 33.4. The van der Waals surface area contributed by atoms with E-state index in [-0.39, 0.29) is 12.2 Å². The molecule has 0 aromatic heterocycles. The number of ketones is 1. The SMILES string of the molecule is COCOc1cc2c(cc1OC)[C@H]1CC[C@]3(C)C(=O)CC[C@H]3[C@@H]1CC2. The Hall–Kier alpha value is -1.55. The topological polar surface area (TPSA) is 44.8 Å². The van der Waals surface area contributed by atoms with Crippen LogP contribution in [-0.2, 0) is 16.0 Å². The van der Waals surface area contributed by atoms with Gasteiger partial charge in [0.1, 0.15) is 5.78 Å². The first-order valence-electron chi connectivity index (χ1n) is 9.44. The molecule has 3 aliphatic rings. The smallest absolute Gasteiger partial charge is 0.188 e. The Morgan fingerprint density at radius 3 is 2.72 bits per heavy atom. The van der Waals surface area contributed by atoms with Crippen molar-refractivity contribution in [3.05, 3.63) is 23.3 Å². The molecule has 0 amide bonds. The first-order chi connectivity index (χ1) is 12.1. The second kappa shape index (κ2) is 6.31. The van der Waals surface area contributed by atoms with Crippen LogP contribution in [0.1, 0.15) is 56.1 Å². The van der Waals surface area contributed by atoms with Gasteiger partial charge >= 0.3 is 0 Å². The van der Waals surface area contributed by atoms with E-state index in [1.54, 1.807) is 14.2 Å². The number of benzene rings is 1. The molecule has 4 heteroatoms. The number of hydrogen-bond acceptors (Lipinski definition) is 4. The number of Topliss-reactive ketones (excluding diaryl/α,β-unsaturated/α-hetero) is 1. The molecule has 3 aliphatic carbocycles. The minimum Gasteiger partial charge on any atom is -0.493 e. The molecule has 25 heavy (non-hydrogen) atoms. The van der Waals surface area contributed by atoms with E-state index in [4.69, 9.17) is 14.2 Å². The van der Waals surface area contributed by atoms with Crippen molar-refractivity contribution in [2.24, 2.45) is 17.3 Å². The molecule has 4 rings (SSSR count). The maximum absolute atomic E-state index is 12.4. The van der Waals surface area contributed by atoms with Crippen molar-refractivity contribution >= 4 is 5.78 Å². The summed E-state index contributed by atoms with van der Waals surface area (Å²) in [6.07, 6.45) is 6.24. The molecule has 0 unspecified atom stereocenters. The van der Waals surface area contributed by atoms with E-state index in [2.05, 4.69) is 19.1 Å². The fraction of sp³-hybridized carbons (Fsp3) is 0.667. The lowest BCUT2D eigenvalue weighted by atomic mass is 9.55. The van der Waals surface area contributed by atoms with Crippen LogP contribution < -0.4 is 9.47 Å². The van der Waals surface area contributed by atoms with Gasteiger partial charge in [0.05, 0.1) is 7.11 Å². The third-order valence-corrected chi connectivity index (χ3v) is 7.05. The number of hydrogen-bond donors (Lipinski definition) is 0. The summed E-state index contributed by atoms with van der Waals surface area (Å²) in [5.41, 5.74) is 2.73. The Kier molecular flexibility index (Phi) is 4.27. The molecule has 0 N–H and O–H groups in total. The van der Waals surface area contributed by atoms with Gasteiger partial charge in [0.25, 0.3) is 0 Å². The van der Waals surface area contributed by atoms with Crippen molar-refractivity contribution in [2.45, 2.75) is 51.4 Å². The lowest BCUT2D eigenvalue weighted by Gasteiger charge is -2.48. The zero-order chi connectivity index (χ0) is 17.6. The summed E-state index contributed by atoms with van der Waals surface area (Å²) < 4.78 is 16.3. The summed E-state index contributed by atoms with van der Waals surface area (Å²) in [5, 5.41) is 0. The van der Waals surface area contributed by atoms with E-state index in [9.17, 15) is 4.79 Å². The first kappa shape index (κ1) is 16.9. The minimum atomic E-state index is -0.0652. The largest absolute Gasteiger partial charge is 0.493 e. The van der Waals surface area contributed by atoms with Crippen molar-refractivity contribution in [2.75, 3.05) is 21.0 Å². The van der Waals surface area contributed by atoms with Gasteiger partial charge in [0.15, 0.2) is 18.3 Å². The number of rotatable bonds is 4. The van der Waals surface area contributed by atoms with E-state index >= 15 is 0 Å². The molecule has 2 saturated carbocycles. The highest BCUT2D eigenvalue weighted by atomic mass is 16.7. The third kappa shape index (κ3) is 2.57. The summed E-state index contributed by atoms with van der Waals surface area (Å²) in [6.45, 7) is 2.45. The van der Waals surface area contributed by atoms with Gasteiger partial charge < -0.3 is 14.2 Å². The monoisotopic (exact) mass is 344 g/mol. The second-order valence-electron chi connectivity index (χ2n) is 8.09. The van der Waals surface area contributed by atoms with Crippen LogP contribution in [0.5, 0.6) is 11.5 Å². The zero-order valence-electron chi connectivity index (χ0n) is 15.5. The van der Waals surface area contributed by atoms with Crippen LogP contribution >= 0.6 is 0 Å². The lowest BCUT2D eigenvalue weighted by Crippen LogP contribution is -2.42. The Balaban J connectivity index is 1.67. The molecule has 1 aromatic rings. The molecule has 0 heterocycles. The maximum atomic E-state index is 12.4. The maximum Gasteiger partial charge on any atom is 0.188 e. The highest BCUT2D eigenvalue weighted by molar-refractivity contribution is 5.87. The molecule has 0 aliphatic heterocycles. The van der Waals surface area contributed by atoms with Crippen LogP contribution in [0.2, 0.25) is 0 Å². The van der Waals surface area contributed by atoms with Gasteiger partial charge in [-0.15, -0.1) is 0 Å². The number of ether oxygens (including phenoxy) is 3. The molecule has 2 fully saturated rings. The first-order valence-corrected chi connectivity index (χ1v) is 9.44. The van der Waals surface area contributed by atoms with Gasteiger partial charge in [-0.25, -0.2) is 0 Å². The zero-order valence-corrected chi connectivity index (χ0v) is 15.5. The van der Waals surface area contributed by atoms with E-state index < -0.39 is 0 Å². The number of aryl methyl sites for hydroxylation is 1. The van der Waals surface area contributed by atoms with E-state index in [0.717, 1.165) is 43.6 Å². The molecule has 0 saturated heterocycles. The summed E-state index contributed by atoms with van der Waals surface area (Å²) in [5.74, 6) is 3.79. The number of methoxy groups -OCH3 is 2. The van der Waals surface area contributed by atoms with Gasteiger partial charge in [-0.05, 0) is 73.1 Å². The van der Waals surface area contributed by atoms with Crippen LogP contribution in [-0.4, -0.2) is 26.8 Å². The van der Waals surface area contributed by atoms with E-state index in [0.29, 0.717) is 23.5 Å². The van der Waals surface area contributed by atoms with Crippen LogP contribution in [0.25, 0.3) is 0 Å². The molecular weight excluding hydrogens is 316 g/mol. The number of carbonyl (C=O) groups excluding carboxylic acids is 1. The van der Waals surface area contributed by atoms with Gasteiger partial charge in [-0.1, -0.05) is 6.92 Å².